The Hall–Kier alpha value is -0.471. The van der Waals surface area contributed by atoms with Crippen LogP contribution in [0.2, 0.25) is 10.6 Å². The Bertz CT molecular complexity index is 139. The van der Waals surface area contributed by atoms with Gasteiger partial charge in [0.15, 0.2) is 0 Å². The molecule has 0 heterocycles. The number of carbonyl (C=O) groups excluding carboxylic acids is 1. The molecular formula is C8H15NO2Se. The minimum absolute atomic E-state index is 0.341. The molecule has 0 unspecified atom stereocenters. The second-order valence-electron chi connectivity index (χ2n) is 2.14. The van der Waals surface area contributed by atoms with Crippen LogP contribution in [0.5, 0.6) is 0 Å². The Labute approximate surface area is 79.7 Å². The predicted molar refractivity (Wildman–Crippen MR) is 50.6 cm³/mol. The van der Waals surface area contributed by atoms with Gasteiger partial charge in [-0.05, 0) is 0 Å². The number of alkyl carbamates (subject to hydrolysis) is 1. The molecule has 0 fully saturated rings. The SMILES string of the molecule is C=CC[Se]CCCNC(=O)OC. The number of hydrogen-bond acceptors (Lipinski definition) is 2. The third-order valence-corrected chi connectivity index (χ3v) is 3.36. The van der Waals surface area contributed by atoms with Crippen molar-refractivity contribution >= 4 is 21.1 Å². The number of rotatable bonds is 6. The number of amides is 1. The van der Waals surface area contributed by atoms with Crippen molar-refractivity contribution in [3.63, 3.8) is 0 Å². The van der Waals surface area contributed by atoms with Crippen molar-refractivity contribution in [1.29, 1.82) is 0 Å². The molecule has 0 aliphatic rings. The Kier molecular flexibility index (Phi) is 8.29. The quantitative estimate of drug-likeness (QED) is 0.430. The van der Waals surface area contributed by atoms with E-state index in [0.29, 0.717) is 21.5 Å². The van der Waals surface area contributed by atoms with Crippen molar-refractivity contribution in [2.75, 3.05) is 13.7 Å². The molecule has 12 heavy (non-hydrogen) atoms. The normalized spacial score (nSPS) is 9.08. The van der Waals surface area contributed by atoms with E-state index in [9.17, 15) is 4.79 Å². The van der Waals surface area contributed by atoms with E-state index in [4.69, 9.17) is 0 Å². The van der Waals surface area contributed by atoms with E-state index >= 15 is 0 Å². The molecule has 4 heteroatoms. The summed E-state index contributed by atoms with van der Waals surface area (Å²) in [5.41, 5.74) is 0. The van der Waals surface area contributed by atoms with Gasteiger partial charge in [-0.3, -0.25) is 0 Å². The molecule has 1 N–H and O–H groups in total. The van der Waals surface area contributed by atoms with E-state index in [2.05, 4.69) is 16.6 Å². The molecule has 0 aromatic carbocycles. The zero-order chi connectivity index (χ0) is 9.23. The summed E-state index contributed by atoms with van der Waals surface area (Å²) in [6.07, 6.45) is 2.63. The summed E-state index contributed by atoms with van der Waals surface area (Å²) >= 11 is 0.652. The Balaban J connectivity index is 3.00. The van der Waals surface area contributed by atoms with E-state index in [0.717, 1.165) is 11.7 Å². The molecule has 0 saturated heterocycles. The topological polar surface area (TPSA) is 38.3 Å². The van der Waals surface area contributed by atoms with Crippen molar-refractivity contribution in [1.82, 2.24) is 5.32 Å². The van der Waals surface area contributed by atoms with E-state index in [1.54, 1.807) is 0 Å². The maximum absolute atomic E-state index is 10.6. The number of methoxy groups -OCH3 is 1. The van der Waals surface area contributed by atoms with Crippen LogP contribution < -0.4 is 5.32 Å². The third kappa shape index (κ3) is 7.63. The number of hydrogen-bond donors (Lipinski definition) is 1. The number of nitrogens with one attached hydrogen (secondary N) is 1. The molecule has 70 valence electrons. The first-order valence-electron chi connectivity index (χ1n) is 3.81. The van der Waals surface area contributed by atoms with Crippen molar-refractivity contribution in [3.05, 3.63) is 12.7 Å². The maximum atomic E-state index is 10.6. The Morgan fingerprint density at radius 3 is 3.08 bits per heavy atom. The van der Waals surface area contributed by atoms with Gasteiger partial charge in [0.05, 0.1) is 0 Å². The zero-order valence-corrected chi connectivity index (χ0v) is 9.05. The molecule has 0 aromatic rings. The van der Waals surface area contributed by atoms with Crippen molar-refractivity contribution in [2.45, 2.75) is 17.1 Å². The number of carbonyl (C=O) groups is 1. The van der Waals surface area contributed by atoms with Crippen LogP contribution in [0.4, 0.5) is 4.79 Å². The van der Waals surface area contributed by atoms with E-state index in [1.165, 1.54) is 12.4 Å². The summed E-state index contributed by atoms with van der Waals surface area (Å²) in [6, 6.07) is 0. The average molecular weight is 236 g/mol. The summed E-state index contributed by atoms with van der Waals surface area (Å²) in [6.45, 7) is 4.36. The van der Waals surface area contributed by atoms with Crippen molar-refractivity contribution < 1.29 is 9.53 Å². The van der Waals surface area contributed by atoms with E-state index < -0.39 is 0 Å². The third-order valence-electron chi connectivity index (χ3n) is 1.16. The molecule has 0 saturated carbocycles. The Morgan fingerprint density at radius 1 is 1.75 bits per heavy atom. The van der Waals surface area contributed by atoms with Gasteiger partial charge in [-0.15, -0.1) is 0 Å². The molecule has 0 bridgehead atoms. The monoisotopic (exact) mass is 237 g/mol. The van der Waals surface area contributed by atoms with Gasteiger partial charge in [-0.1, -0.05) is 0 Å². The van der Waals surface area contributed by atoms with Crippen LogP contribution in [0.1, 0.15) is 6.42 Å². The average Bonchev–Trinajstić information content (AvgIpc) is 2.10. The summed E-state index contributed by atoms with van der Waals surface area (Å²) in [5.74, 6) is 0. The van der Waals surface area contributed by atoms with E-state index in [-0.39, 0.29) is 6.09 Å². The molecule has 0 atom stereocenters. The van der Waals surface area contributed by atoms with Gasteiger partial charge in [-0.25, -0.2) is 0 Å². The van der Waals surface area contributed by atoms with Gasteiger partial charge in [0, 0.05) is 0 Å². The Morgan fingerprint density at radius 2 is 2.50 bits per heavy atom. The number of allylic oxidation sites excluding steroid dienone is 1. The minimum atomic E-state index is -0.341. The van der Waals surface area contributed by atoms with Gasteiger partial charge >= 0.3 is 79.3 Å². The molecule has 3 nitrogen and oxygen atoms in total. The summed E-state index contributed by atoms with van der Waals surface area (Å²) in [4.78, 5) is 10.6. The number of ether oxygens (including phenoxy) is 1. The summed E-state index contributed by atoms with van der Waals surface area (Å²) in [5, 5.41) is 4.93. The zero-order valence-electron chi connectivity index (χ0n) is 7.34. The first-order chi connectivity index (χ1) is 5.81. The molecule has 0 aliphatic heterocycles. The van der Waals surface area contributed by atoms with Gasteiger partial charge in [0.25, 0.3) is 0 Å². The summed E-state index contributed by atoms with van der Waals surface area (Å²) in [7, 11) is 1.37. The summed E-state index contributed by atoms with van der Waals surface area (Å²) < 4.78 is 4.42. The molecule has 0 rings (SSSR count). The second kappa shape index (κ2) is 8.62. The molecule has 0 aliphatic carbocycles. The van der Waals surface area contributed by atoms with Crippen LogP contribution in [0.3, 0.4) is 0 Å². The fraction of sp³-hybridized carbons (Fsp3) is 0.625. The first-order valence-corrected chi connectivity index (χ1v) is 6.24. The van der Waals surface area contributed by atoms with Gasteiger partial charge < -0.3 is 0 Å². The molecule has 0 radical (unpaired) electrons. The molecule has 0 aromatic heterocycles. The van der Waals surface area contributed by atoms with Crippen LogP contribution >= 0.6 is 0 Å². The predicted octanol–water partition coefficient (Wildman–Crippen LogP) is 1.46. The van der Waals surface area contributed by atoms with Crippen molar-refractivity contribution in [2.24, 2.45) is 0 Å². The second-order valence-corrected chi connectivity index (χ2v) is 4.55. The molecular weight excluding hydrogens is 221 g/mol. The van der Waals surface area contributed by atoms with Crippen LogP contribution in [-0.4, -0.2) is 34.7 Å². The fourth-order valence-corrected chi connectivity index (χ4v) is 2.03. The van der Waals surface area contributed by atoms with Crippen LogP contribution in [0.25, 0.3) is 0 Å². The first kappa shape index (κ1) is 11.5. The molecule has 1 amide bonds. The van der Waals surface area contributed by atoms with Crippen LogP contribution in [0, 0.1) is 0 Å². The van der Waals surface area contributed by atoms with Crippen molar-refractivity contribution in [3.8, 4) is 0 Å². The molecule has 0 spiro atoms. The van der Waals surface area contributed by atoms with Gasteiger partial charge in [0.2, 0.25) is 0 Å². The fourth-order valence-electron chi connectivity index (χ4n) is 0.604. The standard InChI is InChI=1S/C8H15NO2Se/c1-3-6-12-7-4-5-9-8(10)11-2/h3H,1,4-7H2,2H3,(H,9,10). The van der Waals surface area contributed by atoms with Gasteiger partial charge in [0.1, 0.15) is 0 Å². The van der Waals surface area contributed by atoms with Gasteiger partial charge in [-0.2, -0.15) is 0 Å². The van der Waals surface area contributed by atoms with Crippen LogP contribution in [-0.2, 0) is 4.74 Å². The van der Waals surface area contributed by atoms with Crippen LogP contribution in [0.15, 0.2) is 12.7 Å². The van der Waals surface area contributed by atoms with E-state index in [1.807, 2.05) is 6.08 Å².